The molecule has 0 aliphatic carbocycles. The summed E-state index contributed by atoms with van der Waals surface area (Å²) < 4.78 is 5.39. The standard InChI is InChI=1S/C2H3N3OS2/c3-2(7)5-8-4-1-6/h(H3,3,5,7). The van der Waals surface area contributed by atoms with E-state index in [0.29, 0.717) is 0 Å². The van der Waals surface area contributed by atoms with E-state index >= 15 is 0 Å². The van der Waals surface area contributed by atoms with Gasteiger partial charge in [-0.2, -0.15) is 0 Å². The summed E-state index contributed by atoms with van der Waals surface area (Å²) >= 11 is 5.11. The minimum Gasteiger partial charge on any atom is -0.376 e. The summed E-state index contributed by atoms with van der Waals surface area (Å²) in [5.41, 5.74) is 4.94. The molecular formula is C2H3N3OS2. The fraction of sp³-hybridized carbons (Fsp3) is 0. The van der Waals surface area contributed by atoms with Crippen molar-refractivity contribution >= 4 is 35.5 Å². The van der Waals surface area contributed by atoms with Gasteiger partial charge in [0.15, 0.2) is 5.11 Å². The van der Waals surface area contributed by atoms with E-state index in [1.807, 2.05) is 0 Å². The number of nitrogens with two attached hydrogens (primary N) is 1. The van der Waals surface area contributed by atoms with Crippen molar-refractivity contribution < 1.29 is 4.79 Å². The Hall–Kier alpha value is -0.580. The Kier molecular flexibility index (Phi) is 4.24. The van der Waals surface area contributed by atoms with E-state index in [4.69, 9.17) is 5.73 Å². The molecular weight excluding hydrogens is 146 g/mol. The van der Waals surface area contributed by atoms with Gasteiger partial charge in [0.2, 0.25) is 6.08 Å². The molecule has 3 N–H and O–H groups in total. The van der Waals surface area contributed by atoms with Gasteiger partial charge in [0.25, 0.3) is 0 Å². The number of nitrogens with one attached hydrogen (secondary N) is 1. The zero-order valence-corrected chi connectivity index (χ0v) is 5.38. The van der Waals surface area contributed by atoms with Gasteiger partial charge >= 0.3 is 0 Å². The van der Waals surface area contributed by atoms with E-state index in [0.717, 1.165) is 12.1 Å². The first kappa shape index (κ1) is 7.42. The summed E-state index contributed by atoms with van der Waals surface area (Å²) in [6.45, 7) is 0. The van der Waals surface area contributed by atoms with Crippen LogP contribution in [0.5, 0.6) is 0 Å². The topological polar surface area (TPSA) is 67.5 Å². The van der Waals surface area contributed by atoms with E-state index in [2.05, 4.69) is 21.3 Å². The van der Waals surface area contributed by atoms with Gasteiger partial charge in [0.1, 0.15) is 12.1 Å². The van der Waals surface area contributed by atoms with Gasteiger partial charge in [-0.15, -0.1) is 4.40 Å². The monoisotopic (exact) mass is 149 g/mol. The van der Waals surface area contributed by atoms with Crippen molar-refractivity contribution in [1.82, 2.24) is 4.72 Å². The zero-order chi connectivity index (χ0) is 6.41. The molecule has 44 valence electrons. The molecule has 0 rings (SSSR count). The SMILES string of the molecule is NC(=S)NSN=C=O. The molecule has 0 aromatic carbocycles. The first-order valence-corrected chi connectivity index (χ1v) is 2.74. The third-order valence-electron chi connectivity index (χ3n) is 0.229. The predicted molar refractivity (Wildman–Crippen MR) is 35.6 cm³/mol. The molecule has 0 amide bonds. The molecule has 0 heterocycles. The van der Waals surface area contributed by atoms with Gasteiger partial charge in [0.05, 0.1) is 0 Å². The van der Waals surface area contributed by atoms with Gasteiger partial charge < -0.3 is 5.73 Å². The Balaban J connectivity index is 3.18. The van der Waals surface area contributed by atoms with Crippen LogP contribution in [0.25, 0.3) is 0 Å². The average Bonchev–Trinajstić information content (AvgIpc) is 1.66. The first-order valence-electron chi connectivity index (χ1n) is 1.56. The van der Waals surface area contributed by atoms with E-state index in [9.17, 15) is 4.79 Å². The number of isocyanates is 1. The van der Waals surface area contributed by atoms with E-state index in [-0.39, 0.29) is 5.11 Å². The smallest absolute Gasteiger partial charge is 0.249 e. The van der Waals surface area contributed by atoms with Crippen LogP contribution in [0.1, 0.15) is 0 Å². The second-order valence-electron chi connectivity index (χ2n) is 0.740. The van der Waals surface area contributed by atoms with E-state index in [1.165, 1.54) is 6.08 Å². The highest BCUT2D eigenvalue weighted by atomic mass is 32.2. The summed E-state index contributed by atoms with van der Waals surface area (Å²) in [5.74, 6) is 0. The van der Waals surface area contributed by atoms with Gasteiger partial charge in [0, 0.05) is 0 Å². The van der Waals surface area contributed by atoms with Crippen molar-refractivity contribution in [3.05, 3.63) is 0 Å². The minimum absolute atomic E-state index is 0.0917. The lowest BCUT2D eigenvalue weighted by Crippen LogP contribution is -2.21. The molecule has 0 unspecified atom stereocenters. The number of hydrogen-bond donors (Lipinski definition) is 2. The number of carbonyl (C=O) groups excluding carboxylic acids is 1. The lowest BCUT2D eigenvalue weighted by Gasteiger charge is -1.90. The largest absolute Gasteiger partial charge is 0.376 e. The fourth-order valence-electron chi connectivity index (χ4n) is 0.0864. The van der Waals surface area contributed by atoms with Gasteiger partial charge in [-0.3, -0.25) is 4.72 Å². The molecule has 8 heavy (non-hydrogen) atoms. The molecule has 0 radical (unpaired) electrons. The number of rotatable bonds is 2. The van der Waals surface area contributed by atoms with Crippen LogP contribution in [-0.2, 0) is 4.79 Å². The molecule has 0 saturated carbocycles. The van der Waals surface area contributed by atoms with Crippen LogP contribution in [0.4, 0.5) is 0 Å². The molecule has 0 aromatic rings. The second-order valence-corrected chi connectivity index (χ2v) is 1.75. The number of hydrogen-bond acceptors (Lipinski definition) is 4. The summed E-state index contributed by atoms with van der Waals surface area (Å²) in [5, 5.41) is 0.0917. The molecule has 4 nitrogen and oxygen atoms in total. The first-order chi connectivity index (χ1) is 3.77. The quantitative estimate of drug-likeness (QED) is 0.244. The van der Waals surface area contributed by atoms with Crippen LogP contribution >= 0.6 is 24.4 Å². The Morgan fingerprint density at radius 3 is 3.00 bits per heavy atom. The van der Waals surface area contributed by atoms with Gasteiger partial charge in [-0.05, 0) is 12.2 Å². The molecule has 0 aromatic heterocycles. The summed E-state index contributed by atoms with van der Waals surface area (Å²) in [7, 11) is 0. The molecule has 0 aliphatic heterocycles. The van der Waals surface area contributed by atoms with Crippen molar-refractivity contribution in [2.24, 2.45) is 10.1 Å². The van der Waals surface area contributed by atoms with Crippen LogP contribution in [0, 0.1) is 0 Å². The molecule has 0 saturated heterocycles. The fourth-order valence-corrected chi connectivity index (χ4v) is 0.371. The van der Waals surface area contributed by atoms with Crippen molar-refractivity contribution in [3.8, 4) is 0 Å². The number of nitrogens with zero attached hydrogens (tertiary/aromatic N) is 1. The normalized spacial score (nSPS) is 7.00. The summed E-state index contributed by atoms with van der Waals surface area (Å²) in [6.07, 6.45) is 1.28. The van der Waals surface area contributed by atoms with Crippen LogP contribution in [-0.4, -0.2) is 11.2 Å². The van der Waals surface area contributed by atoms with Crippen molar-refractivity contribution in [2.75, 3.05) is 0 Å². The van der Waals surface area contributed by atoms with Crippen LogP contribution in [0.15, 0.2) is 4.40 Å². The Morgan fingerprint density at radius 2 is 2.62 bits per heavy atom. The van der Waals surface area contributed by atoms with Crippen molar-refractivity contribution in [1.29, 1.82) is 0 Å². The molecule has 0 fully saturated rings. The molecule has 6 heteroatoms. The highest BCUT2D eigenvalue weighted by Gasteiger charge is 1.80. The van der Waals surface area contributed by atoms with Crippen molar-refractivity contribution in [2.45, 2.75) is 0 Å². The number of thiocarbonyl (C=S) groups is 1. The Morgan fingerprint density at radius 1 is 2.00 bits per heavy atom. The summed E-state index contributed by atoms with van der Waals surface area (Å²) in [4.78, 5) is 9.35. The zero-order valence-electron chi connectivity index (χ0n) is 3.75. The lowest BCUT2D eigenvalue weighted by molar-refractivity contribution is 0.566. The molecule has 0 aliphatic rings. The molecule has 0 spiro atoms. The molecule has 0 bridgehead atoms. The molecule has 0 atom stereocenters. The maximum atomic E-state index is 9.35. The Bertz CT molecular complexity index is 127. The van der Waals surface area contributed by atoms with Crippen LogP contribution in [0.3, 0.4) is 0 Å². The van der Waals surface area contributed by atoms with Crippen LogP contribution in [0.2, 0.25) is 0 Å². The highest BCUT2D eigenvalue weighted by Crippen LogP contribution is 1.88. The average molecular weight is 149 g/mol. The third-order valence-corrected chi connectivity index (χ3v) is 0.937. The maximum absolute atomic E-state index is 9.35. The minimum atomic E-state index is 0.0917. The Labute approximate surface area is 55.8 Å². The second kappa shape index (κ2) is 4.58. The van der Waals surface area contributed by atoms with Gasteiger partial charge in [-0.25, -0.2) is 4.79 Å². The maximum Gasteiger partial charge on any atom is 0.249 e. The van der Waals surface area contributed by atoms with Gasteiger partial charge in [-0.1, -0.05) is 0 Å². The highest BCUT2D eigenvalue weighted by molar-refractivity contribution is 7.97. The predicted octanol–water partition coefficient (Wildman–Crippen LogP) is -0.281. The lowest BCUT2D eigenvalue weighted by atomic mass is 11.3. The van der Waals surface area contributed by atoms with Crippen molar-refractivity contribution in [3.63, 3.8) is 0 Å². The summed E-state index contributed by atoms with van der Waals surface area (Å²) in [6, 6.07) is 0. The van der Waals surface area contributed by atoms with Crippen LogP contribution < -0.4 is 10.5 Å². The third kappa shape index (κ3) is 5.42. The van der Waals surface area contributed by atoms with E-state index < -0.39 is 0 Å². The van der Waals surface area contributed by atoms with E-state index in [1.54, 1.807) is 0 Å².